The van der Waals surface area contributed by atoms with Gasteiger partial charge in [-0.15, -0.1) is 0 Å². The maximum Gasteiger partial charge on any atom is 0.160 e. The van der Waals surface area contributed by atoms with Crippen molar-refractivity contribution in [2.45, 2.75) is 19.9 Å². The molecule has 2 rings (SSSR count). The van der Waals surface area contributed by atoms with Gasteiger partial charge in [0.1, 0.15) is 11.3 Å². The third kappa shape index (κ3) is 2.80. The lowest BCUT2D eigenvalue weighted by Crippen LogP contribution is -2.14. The number of pyridine rings is 1. The normalized spacial score (nSPS) is 11.3. The number of halogens is 1. The summed E-state index contributed by atoms with van der Waals surface area (Å²) in [5.74, 6) is 0.996. The second-order valence-electron chi connectivity index (χ2n) is 3.93. The van der Waals surface area contributed by atoms with E-state index >= 15 is 0 Å². The number of fused-ring (bicyclic) bond motifs is 1. The van der Waals surface area contributed by atoms with Gasteiger partial charge in [0.15, 0.2) is 5.65 Å². The van der Waals surface area contributed by atoms with Gasteiger partial charge in [0.25, 0.3) is 0 Å². The average Bonchev–Trinajstić information content (AvgIpc) is 2.71. The van der Waals surface area contributed by atoms with Crippen molar-refractivity contribution < 1.29 is 4.74 Å². The van der Waals surface area contributed by atoms with Crippen molar-refractivity contribution >= 4 is 22.8 Å². The summed E-state index contributed by atoms with van der Waals surface area (Å²) in [5, 5.41) is 0.606. The van der Waals surface area contributed by atoms with Gasteiger partial charge in [-0.3, -0.25) is 0 Å². The summed E-state index contributed by atoms with van der Waals surface area (Å²) in [6, 6.07) is 1.83. The van der Waals surface area contributed by atoms with E-state index in [4.69, 9.17) is 22.1 Å². The number of nitrogens with two attached hydrogens (primary N) is 1. The Labute approximate surface area is 111 Å². The molecule has 0 saturated heterocycles. The maximum absolute atomic E-state index is 5.92. The van der Waals surface area contributed by atoms with E-state index in [0.29, 0.717) is 24.8 Å². The molecule has 0 radical (unpaired) electrons. The van der Waals surface area contributed by atoms with Crippen LogP contribution in [0.5, 0.6) is 0 Å². The van der Waals surface area contributed by atoms with E-state index in [1.54, 1.807) is 6.20 Å². The van der Waals surface area contributed by atoms with Gasteiger partial charge in [0.05, 0.1) is 18.2 Å². The van der Waals surface area contributed by atoms with Crippen LogP contribution in [-0.4, -0.2) is 34.3 Å². The zero-order valence-electron chi connectivity index (χ0n) is 10.4. The van der Waals surface area contributed by atoms with Gasteiger partial charge in [-0.2, -0.15) is 0 Å². The molecule has 2 aromatic heterocycles. The molecule has 0 fully saturated rings. The number of nitrogens with zero attached hydrogens (tertiary/aromatic N) is 3. The van der Waals surface area contributed by atoms with E-state index in [-0.39, 0.29) is 0 Å². The number of rotatable bonds is 6. The Morgan fingerprint density at radius 3 is 3.00 bits per heavy atom. The van der Waals surface area contributed by atoms with Gasteiger partial charge in [0.2, 0.25) is 0 Å². The lowest BCUT2D eigenvalue weighted by atomic mass is 10.4. The zero-order valence-corrected chi connectivity index (χ0v) is 11.2. The molecule has 0 aliphatic rings. The van der Waals surface area contributed by atoms with Crippen LogP contribution in [-0.2, 0) is 17.7 Å². The van der Waals surface area contributed by atoms with Crippen LogP contribution in [0, 0.1) is 0 Å². The molecule has 98 valence electrons. The molecule has 0 aromatic carbocycles. The predicted octanol–water partition coefficient (Wildman–Crippen LogP) is 1.62. The number of aryl methyl sites for hydroxylation is 1. The molecule has 6 heteroatoms. The Balaban J connectivity index is 2.23. The van der Waals surface area contributed by atoms with Crippen LogP contribution in [0.3, 0.4) is 0 Å². The van der Waals surface area contributed by atoms with Gasteiger partial charge in [0, 0.05) is 25.7 Å². The summed E-state index contributed by atoms with van der Waals surface area (Å²) in [6.45, 7) is 4.53. The Bertz CT molecular complexity index is 526. The van der Waals surface area contributed by atoms with Gasteiger partial charge >= 0.3 is 0 Å². The zero-order chi connectivity index (χ0) is 13.0. The Morgan fingerprint density at radius 1 is 1.44 bits per heavy atom. The Kier molecular flexibility index (Phi) is 4.52. The molecule has 5 nitrogen and oxygen atoms in total. The number of ether oxygens (including phenoxy) is 1. The minimum Gasteiger partial charge on any atom is -0.378 e. The van der Waals surface area contributed by atoms with E-state index in [0.717, 1.165) is 30.0 Å². The minimum absolute atomic E-state index is 0.541. The summed E-state index contributed by atoms with van der Waals surface area (Å²) in [5.41, 5.74) is 7.07. The first-order valence-corrected chi connectivity index (χ1v) is 6.42. The topological polar surface area (TPSA) is 66.0 Å². The van der Waals surface area contributed by atoms with E-state index < -0.39 is 0 Å². The predicted molar refractivity (Wildman–Crippen MR) is 71.8 cm³/mol. The summed E-state index contributed by atoms with van der Waals surface area (Å²) >= 11 is 5.92. The van der Waals surface area contributed by atoms with E-state index in [2.05, 4.69) is 21.5 Å². The lowest BCUT2D eigenvalue weighted by molar-refractivity contribution is 0.133. The molecule has 0 aliphatic heterocycles. The van der Waals surface area contributed by atoms with E-state index in [1.807, 2.05) is 6.07 Å². The first-order chi connectivity index (χ1) is 8.76. The second kappa shape index (κ2) is 6.13. The van der Waals surface area contributed by atoms with Gasteiger partial charge < -0.3 is 15.0 Å². The first-order valence-electron chi connectivity index (χ1n) is 6.04. The number of hydrogen-bond acceptors (Lipinski definition) is 4. The highest BCUT2D eigenvalue weighted by atomic mass is 35.5. The average molecular weight is 269 g/mol. The van der Waals surface area contributed by atoms with Gasteiger partial charge in [-0.1, -0.05) is 18.5 Å². The van der Waals surface area contributed by atoms with Gasteiger partial charge in [-0.25, -0.2) is 9.97 Å². The summed E-state index contributed by atoms with van der Waals surface area (Å²) in [7, 11) is 0. The third-order valence-electron chi connectivity index (χ3n) is 2.67. The number of hydrogen-bond donors (Lipinski definition) is 1. The van der Waals surface area contributed by atoms with Crippen molar-refractivity contribution in [2.75, 3.05) is 19.8 Å². The van der Waals surface area contributed by atoms with Crippen molar-refractivity contribution in [3.8, 4) is 0 Å². The fourth-order valence-corrected chi connectivity index (χ4v) is 2.03. The molecular formula is C12H17ClN4O. The fraction of sp³-hybridized carbons (Fsp3) is 0.500. The van der Waals surface area contributed by atoms with Crippen molar-refractivity contribution in [1.82, 2.24) is 14.5 Å². The monoisotopic (exact) mass is 268 g/mol. The highest BCUT2D eigenvalue weighted by Crippen LogP contribution is 2.18. The Hall–Kier alpha value is -1.17. The molecule has 2 N–H and O–H groups in total. The molecule has 0 aliphatic carbocycles. The maximum atomic E-state index is 5.92. The number of imidazole rings is 1. The van der Waals surface area contributed by atoms with Crippen molar-refractivity contribution in [2.24, 2.45) is 5.73 Å². The van der Waals surface area contributed by atoms with Crippen LogP contribution in [0.25, 0.3) is 11.2 Å². The van der Waals surface area contributed by atoms with E-state index in [1.165, 1.54) is 0 Å². The molecule has 0 unspecified atom stereocenters. The molecule has 0 saturated carbocycles. The Morgan fingerprint density at radius 2 is 2.28 bits per heavy atom. The molecule has 0 atom stereocenters. The summed E-state index contributed by atoms with van der Waals surface area (Å²) in [6.07, 6.45) is 2.49. The molecule has 0 spiro atoms. The fourth-order valence-electron chi connectivity index (χ4n) is 1.88. The highest BCUT2D eigenvalue weighted by Gasteiger charge is 2.10. The van der Waals surface area contributed by atoms with Crippen LogP contribution in [0.2, 0.25) is 5.02 Å². The summed E-state index contributed by atoms with van der Waals surface area (Å²) < 4.78 is 7.47. The van der Waals surface area contributed by atoms with Gasteiger partial charge in [-0.05, 0) is 6.07 Å². The van der Waals surface area contributed by atoms with E-state index in [9.17, 15) is 0 Å². The summed E-state index contributed by atoms with van der Waals surface area (Å²) in [4.78, 5) is 8.86. The van der Waals surface area contributed by atoms with Crippen molar-refractivity contribution in [3.05, 3.63) is 23.1 Å². The lowest BCUT2D eigenvalue weighted by Gasteiger charge is -2.07. The molecule has 0 amide bonds. The number of aromatic nitrogens is 3. The van der Waals surface area contributed by atoms with Crippen LogP contribution < -0.4 is 5.73 Å². The SMILES string of the molecule is CCc1nc2cc(Cl)cnc2n1CCOCCN. The first kappa shape index (κ1) is 13.3. The molecular weight excluding hydrogens is 252 g/mol. The third-order valence-corrected chi connectivity index (χ3v) is 2.87. The smallest absolute Gasteiger partial charge is 0.160 e. The molecule has 0 bridgehead atoms. The largest absolute Gasteiger partial charge is 0.378 e. The standard InChI is InChI=1S/C12H17ClN4O/c1-2-11-16-10-7-9(13)8-15-12(10)17(11)4-6-18-5-3-14/h7-8H,2-6,14H2,1H3. The molecule has 2 heterocycles. The van der Waals surface area contributed by atoms with Crippen molar-refractivity contribution in [1.29, 1.82) is 0 Å². The van der Waals surface area contributed by atoms with Crippen LogP contribution in [0.4, 0.5) is 0 Å². The minimum atomic E-state index is 0.541. The van der Waals surface area contributed by atoms with Crippen molar-refractivity contribution in [3.63, 3.8) is 0 Å². The molecule has 18 heavy (non-hydrogen) atoms. The molecule has 2 aromatic rings. The van der Waals surface area contributed by atoms with Crippen LogP contribution in [0.1, 0.15) is 12.7 Å². The van der Waals surface area contributed by atoms with Crippen LogP contribution in [0.15, 0.2) is 12.3 Å². The second-order valence-corrected chi connectivity index (χ2v) is 4.37. The quantitative estimate of drug-likeness (QED) is 0.809. The highest BCUT2D eigenvalue weighted by molar-refractivity contribution is 6.31. The van der Waals surface area contributed by atoms with Crippen LogP contribution >= 0.6 is 11.6 Å².